The molecular weight excluding hydrogens is 390 g/mol. The fraction of sp³-hybridized carbons (Fsp3) is 0.150. The van der Waals surface area contributed by atoms with Crippen molar-refractivity contribution in [3.63, 3.8) is 0 Å². The van der Waals surface area contributed by atoms with Crippen molar-refractivity contribution in [3.8, 4) is 16.3 Å². The van der Waals surface area contributed by atoms with Gasteiger partial charge in [-0.15, -0.1) is 10.2 Å². The minimum atomic E-state index is -0.279. The molecule has 0 aliphatic rings. The number of ether oxygens (including phenoxy) is 1. The maximum Gasteiger partial charge on any atom is 0.274 e. The van der Waals surface area contributed by atoms with E-state index in [0.717, 1.165) is 11.3 Å². The largest absolute Gasteiger partial charge is 0.497 e. The number of aryl methyl sites for hydroxylation is 1. The van der Waals surface area contributed by atoms with Crippen LogP contribution >= 0.6 is 11.3 Å². The lowest BCUT2D eigenvalue weighted by molar-refractivity contribution is -0.115. The van der Waals surface area contributed by atoms with E-state index < -0.39 is 0 Å². The molecule has 9 heteroatoms. The predicted molar refractivity (Wildman–Crippen MR) is 111 cm³/mol. The molecule has 2 aromatic carbocycles. The smallest absolute Gasteiger partial charge is 0.274 e. The number of carbonyl (C=O) groups is 1. The van der Waals surface area contributed by atoms with Crippen molar-refractivity contribution in [2.24, 2.45) is 7.05 Å². The Balaban J connectivity index is 1.52. The first-order valence-corrected chi connectivity index (χ1v) is 9.59. The first-order chi connectivity index (χ1) is 14.0. The minimum Gasteiger partial charge on any atom is -0.497 e. The molecule has 2 heterocycles. The van der Waals surface area contributed by atoms with Crippen LogP contribution in [0.1, 0.15) is 5.69 Å². The average Bonchev–Trinajstić information content (AvgIpc) is 3.20. The van der Waals surface area contributed by atoms with Crippen molar-refractivity contribution in [1.82, 2.24) is 20.0 Å². The second kappa shape index (κ2) is 7.80. The van der Waals surface area contributed by atoms with Gasteiger partial charge >= 0.3 is 0 Å². The number of nitrogens with one attached hydrogen (secondary N) is 1. The number of anilines is 1. The van der Waals surface area contributed by atoms with Crippen LogP contribution in [0.25, 0.3) is 21.3 Å². The molecule has 146 valence electrons. The molecule has 0 unspecified atom stereocenters. The van der Waals surface area contributed by atoms with Gasteiger partial charge in [-0.05, 0) is 30.3 Å². The number of hydrogen-bond donors (Lipinski definition) is 1. The molecule has 0 spiro atoms. The number of benzene rings is 2. The van der Waals surface area contributed by atoms with Crippen LogP contribution in [0.15, 0.2) is 53.3 Å². The number of nitrogens with zero attached hydrogens (tertiary/aromatic N) is 4. The standard InChI is InChI=1S/C20H17N5O3S/c1-25-19(27)15-6-4-3-5-14(15)16(24-25)11-17(26)21-20-23-22-18(29-20)12-7-9-13(28-2)10-8-12/h3-10H,11H2,1-2H3,(H,21,23,26). The summed E-state index contributed by atoms with van der Waals surface area (Å²) in [6, 6.07) is 14.6. The van der Waals surface area contributed by atoms with Crippen molar-refractivity contribution in [3.05, 3.63) is 64.6 Å². The van der Waals surface area contributed by atoms with Gasteiger partial charge in [-0.2, -0.15) is 5.10 Å². The highest BCUT2D eigenvalue weighted by Gasteiger charge is 2.14. The highest BCUT2D eigenvalue weighted by atomic mass is 32.1. The normalized spacial score (nSPS) is 10.8. The molecule has 0 saturated heterocycles. The molecule has 1 N–H and O–H groups in total. The van der Waals surface area contributed by atoms with E-state index in [1.807, 2.05) is 30.3 Å². The molecule has 0 bridgehead atoms. The van der Waals surface area contributed by atoms with Crippen LogP contribution in [-0.2, 0) is 18.3 Å². The van der Waals surface area contributed by atoms with Gasteiger partial charge < -0.3 is 10.1 Å². The monoisotopic (exact) mass is 407 g/mol. The molecule has 0 saturated carbocycles. The van der Waals surface area contributed by atoms with Gasteiger partial charge in [0.2, 0.25) is 11.0 Å². The van der Waals surface area contributed by atoms with Gasteiger partial charge in [0.25, 0.3) is 5.56 Å². The third-order valence-electron chi connectivity index (χ3n) is 4.37. The third kappa shape index (κ3) is 3.85. The van der Waals surface area contributed by atoms with E-state index in [2.05, 4.69) is 20.6 Å². The second-order valence-corrected chi connectivity index (χ2v) is 7.26. The maximum absolute atomic E-state index is 12.5. The summed E-state index contributed by atoms with van der Waals surface area (Å²) < 4.78 is 6.40. The lowest BCUT2D eigenvalue weighted by Crippen LogP contribution is -2.24. The van der Waals surface area contributed by atoms with E-state index in [9.17, 15) is 9.59 Å². The van der Waals surface area contributed by atoms with Gasteiger partial charge in [-0.1, -0.05) is 29.5 Å². The van der Waals surface area contributed by atoms with Crippen molar-refractivity contribution in [2.75, 3.05) is 12.4 Å². The Morgan fingerprint density at radius 2 is 1.83 bits per heavy atom. The fourth-order valence-electron chi connectivity index (χ4n) is 2.95. The number of carbonyl (C=O) groups excluding carboxylic acids is 1. The van der Waals surface area contributed by atoms with Gasteiger partial charge in [0.05, 0.1) is 24.6 Å². The lowest BCUT2D eigenvalue weighted by Gasteiger charge is -2.07. The number of fused-ring (bicyclic) bond motifs is 1. The molecule has 0 aliphatic heterocycles. The van der Waals surface area contributed by atoms with Crippen LogP contribution in [-0.4, -0.2) is 33.0 Å². The molecule has 0 aliphatic carbocycles. The summed E-state index contributed by atoms with van der Waals surface area (Å²) >= 11 is 1.28. The summed E-state index contributed by atoms with van der Waals surface area (Å²) in [5, 5.41) is 17.5. The number of rotatable bonds is 5. The topological polar surface area (TPSA) is 99.0 Å². The van der Waals surface area contributed by atoms with Gasteiger partial charge in [0, 0.05) is 18.0 Å². The van der Waals surface area contributed by atoms with E-state index in [1.54, 1.807) is 32.4 Å². The van der Waals surface area contributed by atoms with E-state index in [-0.39, 0.29) is 17.9 Å². The van der Waals surface area contributed by atoms with Crippen LogP contribution in [0.5, 0.6) is 5.75 Å². The Labute approximate surface area is 169 Å². The highest BCUT2D eigenvalue weighted by Crippen LogP contribution is 2.27. The van der Waals surface area contributed by atoms with Crippen molar-refractivity contribution in [2.45, 2.75) is 6.42 Å². The summed E-state index contributed by atoms with van der Waals surface area (Å²) in [4.78, 5) is 24.7. The quantitative estimate of drug-likeness (QED) is 0.546. The molecule has 0 atom stereocenters. The van der Waals surface area contributed by atoms with Gasteiger partial charge in [0.1, 0.15) is 10.8 Å². The molecule has 29 heavy (non-hydrogen) atoms. The number of methoxy groups -OCH3 is 1. The first-order valence-electron chi connectivity index (χ1n) is 8.78. The predicted octanol–water partition coefficient (Wildman–Crippen LogP) is 2.64. The van der Waals surface area contributed by atoms with Crippen LogP contribution in [0.2, 0.25) is 0 Å². The third-order valence-corrected chi connectivity index (χ3v) is 5.26. The fourth-order valence-corrected chi connectivity index (χ4v) is 3.71. The van der Waals surface area contributed by atoms with E-state index in [0.29, 0.717) is 26.6 Å². The summed E-state index contributed by atoms with van der Waals surface area (Å²) in [5.74, 6) is 0.475. The molecule has 4 aromatic rings. The molecule has 1 amide bonds. The Morgan fingerprint density at radius 1 is 1.10 bits per heavy atom. The molecule has 0 fully saturated rings. The van der Waals surface area contributed by atoms with Crippen LogP contribution in [0.3, 0.4) is 0 Å². The first kappa shape index (κ1) is 18.8. The number of amides is 1. The molecule has 0 radical (unpaired) electrons. The van der Waals surface area contributed by atoms with Crippen molar-refractivity contribution < 1.29 is 9.53 Å². The van der Waals surface area contributed by atoms with E-state index >= 15 is 0 Å². The van der Waals surface area contributed by atoms with Crippen LogP contribution < -0.4 is 15.6 Å². The van der Waals surface area contributed by atoms with E-state index in [4.69, 9.17) is 4.74 Å². The van der Waals surface area contributed by atoms with Crippen molar-refractivity contribution in [1.29, 1.82) is 0 Å². The van der Waals surface area contributed by atoms with Crippen LogP contribution in [0, 0.1) is 0 Å². The Bertz CT molecular complexity index is 1250. The zero-order valence-corrected chi connectivity index (χ0v) is 16.6. The molecule has 2 aromatic heterocycles. The van der Waals surface area contributed by atoms with Gasteiger partial charge in [-0.3, -0.25) is 9.59 Å². The minimum absolute atomic E-state index is 0.0199. The zero-order valence-electron chi connectivity index (χ0n) is 15.7. The second-order valence-electron chi connectivity index (χ2n) is 6.29. The number of aromatic nitrogens is 4. The Morgan fingerprint density at radius 3 is 2.55 bits per heavy atom. The lowest BCUT2D eigenvalue weighted by atomic mass is 10.1. The summed E-state index contributed by atoms with van der Waals surface area (Å²) in [6.45, 7) is 0. The van der Waals surface area contributed by atoms with Crippen molar-refractivity contribution >= 4 is 33.1 Å². The zero-order chi connectivity index (χ0) is 20.4. The van der Waals surface area contributed by atoms with Crippen LogP contribution in [0.4, 0.5) is 5.13 Å². The maximum atomic E-state index is 12.5. The summed E-state index contributed by atoms with van der Waals surface area (Å²) in [7, 11) is 3.18. The average molecular weight is 407 g/mol. The molecule has 4 rings (SSSR count). The Hall–Kier alpha value is -3.59. The van der Waals surface area contributed by atoms with Gasteiger partial charge in [-0.25, -0.2) is 4.68 Å². The highest BCUT2D eigenvalue weighted by molar-refractivity contribution is 7.18. The SMILES string of the molecule is COc1ccc(-c2nnc(NC(=O)Cc3nn(C)c(=O)c4ccccc34)s2)cc1. The number of hydrogen-bond acceptors (Lipinski definition) is 7. The summed E-state index contributed by atoms with van der Waals surface area (Å²) in [5.41, 5.74) is 1.22. The van der Waals surface area contributed by atoms with E-state index in [1.165, 1.54) is 16.0 Å². The summed E-state index contributed by atoms with van der Waals surface area (Å²) in [6.07, 6.45) is 0.0199. The Kier molecular flexibility index (Phi) is 5.05. The van der Waals surface area contributed by atoms with Gasteiger partial charge in [0.15, 0.2) is 0 Å². The molecular formula is C20H17N5O3S. The molecule has 8 nitrogen and oxygen atoms in total.